The number of benzene rings is 2. The molecule has 0 heterocycles. The number of carbonyl (C=O) groups excluding carboxylic acids is 2. The first kappa shape index (κ1) is 23.2. The lowest BCUT2D eigenvalue weighted by atomic mass is 10.3. The number of rotatable bonds is 9. The molecule has 2 aromatic carbocycles. The topological polar surface area (TPSA) is 116 Å². The molecule has 29 heavy (non-hydrogen) atoms. The second-order valence-corrected chi connectivity index (χ2v) is 9.26. The summed E-state index contributed by atoms with van der Waals surface area (Å²) in [6.45, 7) is 1.47. The predicted molar refractivity (Wildman–Crippen MR) is 113 cm³/mol. The number of anilines is 1. The molecule has 0 aliphatic carbocycles. The predicted octanol–water partition coefficient (Wildman–Crippen LogP) is 3.43. The highest BCUT2D eigenvalue weighted by Crippen LogP contribution is 2.21. The first-order chi connectivity index (χ1) is 13.6. The second-order valence-electron chi connectivity index (χ2n) is 6.10. The van der Waals surface area contributed by atoms with Gasteiger partial charge in [0.05, 0.1) is 4.90 Å². The molecule has 2 aromatic rings. The van der Waals surface area contributed by atoms with Crippen molar-refractivity contribution in [1.29, 1.82) is 0 Å². The molecule has 1 atom stereocenters. The lowest BCUT2D eigenvalue weighted by Gasteiger charge is -2.13. The number of esters is 1. The Balaban J connectivity index is 1.72. The third-order valence-corrected chi connectivity index (χ3v) is 6.01. The van der Waals surface area contributed by atoms with E-state index in [2.05, 4.69) is 5.32 Å². The van der Waals surface area contributed by atoms with Crippen LogP contribution in [0.15, 0.2) is 58.3 Å². The SMILES string of the molecule is CC(OC(=O)CCCSc1ccc(Cl)cc1)C(=O)Nc1ccc(S(N)(=O)=O)cc1. The summed E-state index contributed by atoms with van der Waals surface area (Å²) in [5.74, 6) is -0.251. The molecule has 1 unspecified atom stereocenters. The molecule has 156 valence electrons. The number of halogens is 1. The largest absolute Gasteiger partial charge is 0.453 e. The van der Waals surface area contributed by atoms with Crippen LogP contribution in [0.1, 0.15) is 19.8 Å². The summed E-state index contributed by atoms with van der Waals surface area (Å²) in [6.07, 6.45) is -0.180. The number of amides is 1. The molecular formula is C19H21ClN2O5S2. The molecule has 0 saturated heterocycles. The first-order valence-corrected chi connectivity index (χ1v) is 11.6. The van der Waals surface area contributed by atoms with Crippen molar-refractivity contribution < 1.29 is 22.7 Å². The van der Waals surface area contributed by atoms with Crippen LogP contribution in [0.2, 0.25) is 5.02 Å². The third kappa shape index (κ3) is 8.06. The third-order valence-electron chi connectivity index (χ3n) is 3.74. The van der Waals surface area contributed by atoms with Gasteiger partial charge in [-0.1, -0.05) is 11.6 Å². The van der Waals surface area contributed by atoms with Crippen molar-refractivity contribution in [3.63, 3.8) is 0 Å². The van der Waals surface area contributed by atoms with Crippen LogP contribution in [0.5, 0.6) is 0 Å². The molecule has 0 fully saturated rings. The molecule has 0 bridgehead atoms. The molecular weight excluding hydrogens is 436 g/mol. The van der Waals surface area contributed by atoms with Gasteiger partial charge in [-0.15, -0.1) is 11.8 Å². The Hall–Kier alpha value is -2.07. The van der Waals surface area contributed by atoms with Gasteiger partial charge in [-0.3, -0.25) is 9.59 Å². The highest BCUT2D eigenvalue weighted by Gasteiger charge is 2.18. The fraction of sp³-hybridized carbons (Fsp3) is 0.263. The van der Waals surface area contributed by atoms with Crippen molar-refractivity contribution in [2.24, 2.45) is 5.14 Å². The van der Waals surface area contributed by atoms with Crippen LogP contribution in [-0.4, -0.2) is 32.2 Å². The summed E-state index contributed by atoms with van der Waals surface area (Å²) in [4.78, 5) is 25.0. The summed E-state index contributed by atoms with van der Waals surface area (Å²) in [6, 6.07) is 12.8. The van der Waals surface area contributed by atoms with Gasteiger partial charge in [0.2, 0.25) is 10.0 Å². The monoisotopic (exact) mass is 456 g/mol. The van der Waals surface area contributed by atoms with E-state index in [1.54, 1.807) is 23.9 Å². The number of nitrogens with one attached hydrogen (secondary N) is 1. The summed E-state index contributed by atoms with van der Waals surface area (Å²) in [7, 11) is -3.80. The Labute approximate surface area is 179 Å². The Kier molecular flexibility index (Phi) is 8.51. The maximum absolute atomic E-state index is 12.1. The fourth-order valence-electron chi connectivity index (χ4n) is 2.22. The van der Waals surface area contributed by atoms with Gasteiger partial charge in [0, 0.05) is 22.0 Å². The van der Waals surface area contributed by atoms with Gasteiger partial charge in [-0.2, -0.15) is 0 Å². The van der Waals surface area contributed by atoms with Crippen LogP contribution >= 0.6 is 23.4 Å². The number of nitrogens with two attached hydrogens (primary N) is 1. The van der Waals surface area contributed by atoms with E-state index in [1.165, 1.54) is 31.2 Å². The van der Waals surface area contributed by atoms with Crippen molar-refractivity contribution in [2.75, 3.05) is 11.1 Å². The Morgan fingerprint density at radius 1 is 1.14 bits per heavy atom. The van der Waals surface area contributed by atoms with Crippen molar-refractivity contribution in [1.82, 2.24) is 0 Å². The van der Waals surface area contributed by atoms with E-state index < -0.39 is 28.0 Å². The molecule has 2 rings (SSSR count). The highest BCUT2D eigenvalue weighted by atomic mass is 35.5. The van der Waals surface area contributed by atoms with Gasteiger partial charge in [0.1, 0.15) is 0 Å². The van der Waals surface area contributed by atoms with E-state index in [4.69, 9.17) is 21.5 Å². The smallest absolute Gasteiger partial charge is 0.306 e. The molecule has 0 aliphatic rings. The minimum atomic E-state index is -3.80. The normalized spacial score (nSPS) is 12.2. The standard InChI is InChI=1S/C19H21ClN2O5S2/c1-13(19(24)22-15-6-10-17(11-7-15)29(21,25)26)27-18(23)3-2-12-28-16-8-4-14(20)5-9-16/h4-11,13H,2-3,12H2,1H3,(H,22,24)(H2,21,25,26). The summed E-state index contributed by atoms with van der Waals surface area (Å²) < 4.78 is 27.6. The maximum atomic E-state index is 12.1. The van der Waals surface area contributed by atoms with Gasteiger partial charge in [0.15, 0.2) is 6.10 Å². The van der Waals surface area contributed by atoms with Gasteiger partial charge < -0.3 is 10.1 Å². The average Bonchev–Trinajstić information content (AvgIpc) is 2.66. The lowest BCUT2D eigenvalue weighted by Crippen LogP contribution is -2.30. The van der Waals surface area contributed by atoms with Crippen molar-refractivity contribution >= 4 is 50.9 Å². The minimum Gasteiger partial charge on any atom is -0.453 e. The van der Waals surface area contributed by atoms with E-state index in [9.17, 15) is 18.0 Å². The number of hydrogen-bond donors (Lipinski definition) is 2. The van der Waals surface area contributed by atoms with Crippen LogP contribution in [0, 0.1) is 0 Å². The molecule has 10 heteroatoms. The lowest BCUT2D eigenvalue weighted by molar-refractivity contribution is -0.153. The van der Waals surface area contributed by atoms with Gasteiger partial charge in [0.25, 0.3) is 5.91 Å². The van der Waals surface area contributed by atoms with E-state index >= 15 is 0 Å². The second kappa shape index (κ2) is 10.6. The number of hydrogen-bond acceptors (Lipinski definition) is 6. The zero-order chi connectivity index (χ0) is 21.4. The summed E-state index contributed by atoms with van der Waals surface area (Å²) in [5.41, 5.74) is 0.365. The molecule has 0 aliphatic heterocycles. The average molecular weight is 457 g/mol. The number of ether oxygens (including phenoxy) is 1. The van der Waals surface area contributed by atoms with Crippen LogP contribution in [0.3, 0.4) is 0 Å². The molecule has 3 N–H and O–H groups in total. The van der Waals surface area contributed by atoms with Gasteiger partial charge in [-0.25, -0.2) is 13.6 Å². The zero-order valence-corrected chi connectivity index (χ0v) is 18.0. The number of carbonyl (C=O) groups is 2. The first-order valence-electron chi connectivity index (χ1n) is 8.67. The molecule has 1 amide bonds. The Morgan fingerprint density at radius 3 is 2.34 bits per heavy atom. The molecule has 0 spiro atoms. The Bertz CT molecular complexity index is 948. The molecule has 0 saturated carbocycles. The van der Waals surface area contributed by atoms with Crippen LogP contribution in [0.25, 0.3) is 0 Å². The highest BCUT2D eigenvalue weighted by molar-refractivity contribution is 7.99. The minimum absolute atomic E-state index is 0.0635. The summed E-state index contributed by atoms with van der Waals surface area (Å²) in [5, 5.41) is 8.24. The van der Waals surface area contributed by atoms with Crippen molar-refractivity contribution in [3.05, 3.63) is 53.6 Å². The van der Waals surface area contributed by atoms with E-state index in [0.717, 1.165) is 10.6 Å². The van der Waals surface area contributed by atoms with Crippen LogP contribution in [-0.2, 0) is 24.3 Å². The van der Waals surface area contributed by atoms with E-state index in [0.29, 0.717) is 17.1 Å². The molecule has 7 nitrogen and oxygen atoms in total. The van der Waals surface area contributed by atoms with Gasteiger partial charge in [-0.05, 0) is 67.6 Å². The molecule has 0 aromatic heterocycles. The van der Waals surface area contributed by atoms with Crippen molar-refractivity contribution in [3.8, 4) is 0 Å². The van der Waals surface area contributed by atoms with E-state index in [1.807, 2.05) is 12.1 Å². The van der Waals surface area contributed by atoms with Gasteiger partial charge >= 0.3 is 5.97 Å². The van der Waals surface area contributed by atoms with Crippen LogP contribution in [0.4, 0.5) is 5.69 Å². The molecule has 0 radical (unpaired) electrons. The van der Waals surface area contributed by atoms with Crippen LogP contribution < -0.4 is 10.5 Å². The quantitative estimate of drug-likeness (QED) is 0.339. The van der Waals surface area contributed by atoms with Crippen molar-refractivity contribution in [2.45, 2.75) is 35.7 Å². The maximum Gasteiger partial charge on any atom is 0.306 e. The number of thioether (sulfide) groups is 1. The fourth-order valence-corrected chi connectivity index (χ4v) is 3.71. The number of sulfonamides is 1. The van der Waals surface area contributed by atoms with E-state index in [-0.39, 0.29) is 11.3 Å². The zero-order valence-electron chi connectivity index (χ0n) is 15.6. The summed E-state index contributed by atoms with van der Waals surface area (Å²) >= 11 is 7.44. The Morgan fingerprint density at radius 2 is 1.76 bits per heavy atom. The number of primary sulfonamides is 1.